The summed E-state index contributed by atoms with van der Waals surface area (Å²) >= 11 is 3.50. The van der Waals surface area contributed by atoms with E-state index in [1.807, 2.05) is 24.3 Å². The highest BCUT2D eigenvalue weighted by molar-refractivity contribution is 9.10. The lowest BCUT2D eigenvalue weighted by atomic mass is 9.91. The molecule has 0 fully saturated rings. The summed E-state index contributed by atoms with van der Waals surface area (Å²) in [5, 5.41) is 0. The zero-order chi connectivity index (χ0) is 13.3. The topological polar surface area (TPSA) is 17.1 Å². The van der Waals surface area contributed by atoms with E-state index in [2.05, 4.69) is 41.9 Å². The van der Waals surface area contributed by atoms with Crippen LogP contribution >= 0.6 is 15.9 Å². The van der Waals surface area contributed by atoms with Crippen LogP contribution in [-0.2, 0) is 0 Å². The zero-order valence-corrected chi connectivity index (χ0v) is 12.3. The Bertz CT molecular complexity index is 591. The first-order chi connectivity index (χ1) is 8.50. The van der Waals surface area contributed by atoms with Crippen molar-refractivity contribution in [2.24, 2.45) is 0 Å². The molecule has 0 aliphatic rings. The monoisotopic (exact) mass is 302 g/mol. The van der Waals surface area contributed by atoms with Gasteiger partial charge in [0, 0.05) is 10.0 Å². The van der Waals surface area contributed by atoms with E-state index in [-0.39, 0.29) is 5.78 Å². The summed E-state index contributed by atoms with van der Waals surface area (Å²) in [6.07, 6.45) is 0. The Kier molecular flexibility index (Phi) is 3.67. The molecule has 2 heteroatoms. The number of carbonyl (C=O) groups is 1. The lowest BCUT2D eigenvalue weighted by Crippen LogP contribution is -1.98. The van der Waals surface area contributed by atoms with Crippen molar-refractivity contribution in [1.82, 2.24) is 0 Å². The Morgan fingerprint density at radius 2 is 1.61 bits per heavy atom. The maximum atomic E-state index is 11.7. The number of aryl methyl sites for hydroxylation is 2. The van der Waals surface area contributed by atoms with E-state index in [1.54, 1.807) is 6.92 Å². The van der Waals surface area contributed by atoms with Crippen molar-refractivity contribution in [3.05, 3.63) is 57.6 Å². The molecule has 2 aromatic rings. The van der Waals surface area contributed by atoms with Crippen LogP contribution in [0, 0.1) is 13.8 Å². The number of rotatable bonds is 2. The first-order valence-corrected chi connectivity index (χ1v) is 6.67. The van der Waals surface area contributed by atoms with Gasteiger partial charge in [0.15, 0.2) is 5.78 Å². The second-order valence-corrected chi connectivity index (χ2v) is 5.43. The molecule has 0 saturated heterocycles. The highest BCUT2D eigenvalue weighted by Gasteiger charge is 2.13. The van der Waals surface area contributed by atoms with Crippen molar-refractivity contribution in [1.29, 1.82) is 0 Å². The van der Waals surface area contributed by atoms with Crippen LogP contribution in [0.15, 0.2) is 40.9 Å². The molecule has 0 radical (unpaired) electrons. The number of Topliss-reactive ketones (excluding diaryl/α,β-unsaturated/α-hetero) is 1. The minimum absolute atomic E-state index is 0.104. The largest absolute Gasteiger partial charge is 0.294 e. The molecule has 92 valence electrons. The average Bonchev–Trinajstić information content (AvgIpc) is 2.28. The molecule has 0 unspecified atom stereocenters. The minimum atomic E-state index is 0.104. The van der Waals surface area contributed by atoms with Crippen LogP contribution in [0.2, 0.25) is 0 Å². The molecule has 1 nitrogen and oxygen atoms in total. The van der Waals surface area contributed by atoms with Gasteiger partial charge in [-0.3, -0.25) is 4.79 Å². The number of hydrogen-bond donors (Lipinski definition) is 0. The zero-order valence-electron chi connectivity index (χ0n) is 10.8. The number of halogens is 1. The summed E-state index contributed by atoms with van der Waals surface area (Å²) in [6.45, 7) is 5.76. The third-order valence-corrected chi connectivity index (χ3v) is 3.53. The number of hydrogen-bond acceptors (Lipinski definition) is 1. The molecule has 2 aromatic carbocycles. The molecule has 0 aromatic heterocycles. The van der Waals surface area contributed by atoms with Gasteiger partial charge >= 0.3 is 0 Å². The Labute approximate surface area is 116 Å². The third-order valence-electron chi connectivity index (χ3n) is 3.07. The van der Waals surface area contributed by atoms with Gasteiger partial charge in [0.05, 0.1) is 0 Å². The molecule has 18 heavy (non-hydrogen) atoms. The highest BCUT2D eigenvalue weighted by Crippen LogP contribution is 2.32. The van der Waals surface area contributed by atoms with Crippen molar-refractivity contribution in [2.45, 2.75) is 20.8 Å². The summed E-state index contributed by atoms with van der Waals surface area (Å²) in [5.74, 6) is 0.104. The molecule has 0 bridgehead atoms. The van der Waals surface area contributed by atoms with Gasteiger partial charge in [-0.2, -0.15) is 0 Å². The molecule has 0 aliphatic heterocycles. The van der Waals surface area contributed by atoms with Crippen molar-refractivity contribution < 1.29 is 4.79 Å². The lowest BCUT2D eigenvalue weighted by Gasteiger charge is -2.13. The van der Waals surface area contributed by atoms with E-state index in [9.17, 15) is 4.79 Å². The first kappa shape index (κ1) is 13.0. The Morgan fingerprint density at radius 3 is 2.17 bits per heavy atom. The van der Waals surface area contributed by atoms with Crippen molar-refractivity contribution in [2.75, 3.05) is 0 Å². The second kappa shape index (κ2) is 5.07. The highest BCUT2D eigenvalue weighted by atomic mass is 79.9. The van der Waals surface area contributed by atoms with Gasteiger partial charge in [-0.1, -0.05) is 40.2 Å². The lowest BCUT2D eigenvalue weighted by molar-refractivity contribution is 0.101. The fourth-order valence-electron chi connectivity index (χ4n) is 2.34. The van der Waals surface area contributed by atoms with Gasteiger partial charge in [-0.15, -0.1) is 0 Å². The van der Waals surface area contributed by atoms with E-state index in [0.29, 0.717) is 0 Å². The van der Waals surface area contributed by atoms with Gasteiger partial charge in [0.1, 0.15) is 0 Å². The Hall–Kier alpha value is -1.41. The molecule has 0 heterocycles. The van der Waals surface area contributed by atoms with E-state index < -0.39 is 0 Å². The summed E-state index contributed by atoms with van der Waals surface area (Å²) < 4.78 is 1.07. The molecule has 2 rings (SSSR count). The molecule has 0 spiro atoms. The van der Waals surface area contributed by atoms with Crippen LogP contribution in [0.1, 0.15) is 28.4 Å². The summed E-state index contributed by atoms with van der Waals surface area (Å²) in [7, 11) is 0. The number of carbonyl (C=O) groups excluding carboxylic acids is 1. The van der Waals surface area contributed by atoms with E-state index in [1.165, 1.54) is 11.1 Å². The van der Waals surface area contributed by atoms with Crippen LogP contribution in [-0.4, -0.2) is 5.78 Å². The SMILES string of the molecule is CC(=O)c1ccccc1-c1c(C)cc(Br)cc1C. The third kappa shape index (κ3) is 2.39. The van der Waals surface area contributed by atoms with Crippen LogP contribution in [0.25, 0.3) is 11.1 Å². The van der Waals surface area contributed by atoms with Crippen LogP contribution < -0.4 is 0 Å². The number of ketones is 1. The fraction of sp³-hybridized carbons (Fsp3) is 0.188. The van der Waals surface area contributed by atoms with E-state index in [4.69, 9.17) is 0 Å². The van der Waals surface area contributed by atoms with Gasteiger partial charge in [0.2, 0.25) is 0 Å². The standard InChI is InChI=1S/C16H15BrO/c1-10-8-13(17)9-11(2)16(10)15-7-5-4-6-14(15)12(3)18/h4-9H,1-3H3. The maximum Gasteiger partial charge on any atom is 0.160 e. The van der Waals surface area contributed by atoms with Crippen LogP contribution in [0.4, 0.5) is 0 Å². The van der Waals surface area contributed by atoms with Crippen LogP contribution in [0.3, 0.4) is 0 Å². The molecular weight excluding hydrogens is 288 g/mol. The first-order valence-electron chi connectivity index (χ1n) is 5.88. The van der Waals surface area contributed by atoms with Crippen molar-refractivity contribution in [3.8, 4) is 11.1 Å². The maximum absolute atomic E-state index is 11.7. The second-order valence-electron chi connectivity index (χ2n) is 4.52. The minimum Gasteiger partial charge on any atom is -0.294 e. The quantitative estimate of drug-likeness (QED) is 0.718. The smallest absolute Gasteiger partial charge is 0.160 e. The van der Waals surface area contributed by atoms with Gasteiger partial charge in [0.25, 0.3) is 0 Å². The molecule has 0 saturated carbocycles. The van der Waals surface area contributed by atoms with Gasteiger partial charge in [-0.05, 0) is 55.2 Å². The predicted molar refractivity (Wildman–Crippen MR) is 79.1 cm³/mol. The average molecular weight is 303 g/mol. The fourth-order valence-corrected chi connectivity index (χ4v) is 3.03. The molecule has 0 aliphatic carbocycles. The van der Waals surface area contributed by atoms with Crippen LogP contribution in [0.5, 0.6) is 0 Å². The molecule has 0 atom stereocenters. The van der Waals surface area contributed by atoms with E-state index in [0.717, 1.165) is 21.2 Å². The predicted octanol–water partition coefficient (Wildman–Crippen LogP) is 4.94. The van der Waals surface area contributed by atoms with Crippen molar-refractivity contribution in [3.63, 3.8) is 0 Å². The summed E-state index contributed by atoms with van der Waals surface area (Å²) in [6, 6.07) is 11.9. The normalized spacial score (nSPS) is 10.4. The molecule has 0 N–H and O–H groups in total. The summed E-state index contributed by atoms with van der Waals surface area (Å²) in [4.78, 5) is 11.7. The van der Waals surface area contributed by atoms with Crippen molar-refractivity contribution >= 4 is 21.7 Å². The van der Waals surface area contributed by atoms with Gasteiger partial charge in [-0.25, -0.2) is 0 Å². The molecular formula is C16H15BrO. The van der Waals surface area contributed by atoms with E-state index >= 15 is 0 Å². The Morgan fingerprint density at radius 1 is 1.06 bits per heavy atom. The Balaban J connectivity index is 2.74. The number of benzene rings is 2. The van der Waals surface area contributed by atoms with Gasteiger partial charge < -0.3 is 0 Å². The molecule has 0 amide bonds. The summed E-state index contributed by atoms with van der Waals surface area (Å²) in [5.41, 5.74) is 5.31.